The number of halogens is 3. The third-order valence-corrected chi connectivity index (χ3v) is 5.40. The topological polar surface area (TPSA) is 61.1 Å². The number of alkyl halides is 3. The number of hydrogen-bond donors (Lipinski definition) is 0. The number of aromatic nitrogens is 1. The van der Waals surface area contributed by atoms with E-state index in [1.54, 1.807) is 0 Å². The molecular weight excluding hydrogens is 415 g/mol. The van der Waals surface area contributed by atoms with Crippen LogP contribution in [0.2, 0.25) is 0 Å². The van der Waals surface area contributed by atoms with Gasteiger partial charge in [0.15, 0.2) is 22.5 Å². The average Bonchev–Trinajstić information content (AvgIpc) is 2.68. The largest absolute Gasteiger partial charge is 0.741 e. The first kappa shape index (κ1) is 28.9. The SMILES string of the molecule is CCCCCCCCCCCCCCCC[n+]1ccccc1.O=S(=O)([O-])C(F)(F)F. The zero-order chi connectivity index (χ0) is 22.7. The molecule has 176 valence electrons. The summed E-state index contributed by atoms with van der Waals surface area (Å²) in [6.07, 6.45) is 24.4. The standard InChI is InChI=1S/C21H38N.CHF3O3S/c1-2-3-4-5-6-7-8-9-10-11-12-13-14-16-19-22-20-17-15-18-21-22;2-1(3,4)8(5,6)7/h15,17-18,20-21H,2-14,16,19H2,1H3;(H,5,6,7)/q+1;/p-1. The van der Waals surface area contributed by atoms with Crippen molar-refractivity contribution in [2.45, 2.75) is 109 Å². The molecule has 1 heterocycles. The van der Waals surface area contributed by atoms with Gasteiger partial charge in [-0.3, -0.25) is 0 Å². The lowest BCUT2D eigenvalue weighted by molar-refractivity contribution is -0.697. The van der Waals surface area contributed by atoms with Gasteiger partial charge in [-0.25, -0.2) is 13.0 Å². The molecule has 0 fully saturated rings. The molecule has 8 heteroatoms. The molecule has 0 aliphatic carbocycles. The summed E-state index contributed by atoms with van der Waals surface area (Å²) >= 11 is 0. The van der Waals surface area contributed by atoms with Crippen molar-refractivity contribution in [3.05, 3.63) is 30.6 Å². The summed E-state index contributed by atoms with van der Waals surface area (Å²) < 4.78 is 61.2. The molecule has 4 nitrogen and oxygen atoms in total. The Labute approximate surface area is 180 Å². The van der Waals surface area contributed by atoms with Crippen LogP contribution >= 0.6 is 0 Å². The number of hydrogen-bond acceptors (Lipinski definition) is 3. The Hall–Kier alpha value is -1.15. The molecule has 0 unspecified atom stereocenters. The minimum Gasteiger partial charge on any atom is -0.741 e. The van der Waals surface area contributed by atoms with Crippen LogP contribution in [0.5, 0.6) is 0 Å². The van der Waals surface area contributed by atoms with Crippen LogP contribution in [0.25, 0.3) is 0 Å². The van der Waals surface area contributed by atoms with Crippen molar-refractivity contribution in [2.75, 3.05) is 0 Å². The molecule has 0 saturated carbocycles. The highest BCUT2D eigenvalue weighted by atomic mass is 32.2. The minimum absolute atomic E-state index is 1.18. The molecule has 30 heavy (non-hydrogen) atoms. The van der Waals surface area contributed by atoms with Crippen molar-refractivity contribution in [3.63, 3.8) is 0 Å². The van der Waals surface area contributed by atoms with E-state index in [2.05, 4.69) is 42.1 Å². The van der Waals surface area contributed by atoms with Gasteiger partial charge in [0.1, 0.15) is 6.54 Å². The first-order valence-electron chi connectivity index (χ1n) is 11.1. The molecule has 0 aliphatic rings. The third-order valence-electron chi connectivity index (χ3n) is 4.83. The molecule has 1 aromatic heterocycles. The van der Waals surface area contributed by atoms with Crippen LogP contribution in [-0.2, 0) is 16.7 Å². The van der Waals surface area contributed by atoms with Gasteiger partial charge < -0.3 is 4.55 Å². The first-order valence-corrected chi connectivity index (χ1v) is 12.6. The highest BCUT2D eigenvalue weighted by Gasteiger charge is 2.36. The molecule has 0 N–H and O–H groups in total. The molecule has 0 aliphatic heterocycles. The van der Waals surface area contributed by atoms with E-state index in [9.17, 15) is 13.2 Å². The van der Waals surface area contributed by atoms with Crippen LogP contribution in [0.4, 0.5) is 13.2 Å². The van der Waals surface area contributed by atoms with E-state index in [0.717, 1.165) is 0 Å². The normalized spacial score (nSPS) is 11.8. The van der Waals surface area contributed by atoms with Crippen LogP contribution in [0, 0.1) is 0 Å². The second-order valence-corrected chi connectivity index (χ2v) is 8.98. The monoisotopic (exact) mass is 453 g/mol. The average molecular weight is 454 g/mol. The van der Waals surface area contributed by atoms with Crippen molar-refractivity contribution in [2.24, 2.45) is 0 Å². The number of unbranched alkanes of at least 4 members (excludes halogenated alkanes) is 13. The summed E-state index contributed by atoms with van der Waals surface area (Å²) in [5.74, 6) is 0. The van der Waals surface area contributed by atoms with E-state index in [0.29, 0.717) is 0 Å². The van der Waals surface area contributed by atoms with Gasteiger partial charge in [-0.1, -0.05) is 90.0 Å². The van der Waals surface area contributed by atoms with Crippen molar-refractivity contribution in [3.8, 4) is 0 Å². The van der Waals surface area contributed by atoms with Gasteiger partial charge >= 0.3 is 5.51 Å². The number of rotatable bonds is 15. The lowest BCUT2D eigenvalue weighted by atomic mass is 10.0. The van der Waals surface area contributed by atoms with Crippen molar-refractivity contribution in [1.29, 1.82) is 0 Å². The summed E-state index contributed by atoms with van der Waals surface area (Å²) in [6, 6.07) is 6.31. The fraction of sp³-hybridized carbons (Fsp3) is 0.773. The first-order chi connectivity index (χ1) is 14.2. The van der Waals surface area contributed by atoms with E-state index in [1.165, 1.54) is 96.4 Å². The van der Waals surface area contributed by atoms with Crippen LogP contribution in [0.15, 0.2) is 30.6 Å². The predicted octanol–water partition coefficient (Wildman–Crippen LogP) is 6.51. The lowest BCUT2D eigenvalue weighted by Gasteiger charge is -2.08. The van der Waals surface area contributed by atoms with Crippen molar-refractivity contribution >= 4 is 10.1 Å². The zero-order valence-corrected chi connectivity index (χ0v) is 19.0. The predicted molar refractivity (Wildman–Crippen MR) is 113 cm³/mol. The maximum Gasteiger partial charge on any atom is 0.485 e. The fourth-order valence-electron chi connectivity index (χ4n) is 3.07. The Morgan fingerprint density at radius 1 is 0.700 bits per heavy atom. The Bertz CT molecular complexity index is 608. The van der Waals surface area contributed by atoms with E-state index in [-0.39, 0.29) is 0 Å². The van der Waals surface area contributed by atoms with Crippen LogP contribution in [-0.4, -0.2) is 18.5 Å². The Kier molecular flexibility index (Phi) is 16.9. The molecule has 0 radical (unpaired) electrons. The van der Waals surface area contributed by atoms with E-state index >= 15 is 0 Å². The fourth-order valence-corrected chi connectivity index (χ4v) is 3.07. The molecule has 0 saturated heterocycles. The minimum atomic E-state index is -6.09. The maximum absolute atomic E-state index is 10.7. The van der Waals surface area contributed by atoms with Crippen molar-refractivity contribution < 1.29 is 30.7 Å². The summed E-state index contributed by atoms with van der Waals surface area (Å²) in [4.78, 5) is 0. The van der Waals surface area contributed by atoms with Crippen LogP contribution in [0.1, 0.15) is 96.8 Å². The number of pyridine rings is 1. The molecule has 0 aromatic carbocycles. The number of aryl methyl sites for hydroxylation is 1. The Balaban J connectivity index is 0.000000890. The van der Waals surface area contributed by atoms with Gasteiger partial charge in [-0.2, -0.15) is 13.2 Å². The highest BCUT2D eigenvalue weighted by molar-refractivity contribution is 7.86. The van der Waals surface area contributed by atoms with E-state index < -0.39 is 15.6 Å². The summed E-state index contributed by atoms with van der Waals surface area (Å²) in [5.41, 5.74) is -5.65. The third kappa shape index (κ3) is 17.7. The molecule has 0 atom stereocenters. The van der Waals surface area contributed by atoms with Gasteiger partial charge in [-0.15, -0.1) is 0 Å². The lowest BCUT2D eigenvalue weighted by Crippen LogP contribution is -2.32. The number of nitrogens with zero attached hydrogens (tertiary/aromatic N) is 1. The van der Waals surface area contributed by atoms with Crippen LogP contribution < -0.4 is 4.57 Å². The zero-order valence-electron chi connectivity index (χ0n) is 18.2. The van der Waals surface area contributed by atoms with Gasteiger partial charge in [0, 0.05) is 18.6 Å². The molecule has 0 bridgehead atoms. The Morgan fingerprint density at radius 2 is 1.03 bits per heavy atom. The molecule has 1 aromatic rings. The summed E-state index contributed by atoms with van der Waals surface area (Å²) in [7, 11) is -6.09. The van der Waals surface area contributed by atoms with E-state index in [1.807, 2.05) is 0 Å². The van der Waals surface area contributed by atoms with Gasteiger partial charge in [-0.05, 0) is 6.42 Å². The molecule has 0 spiro atoms. The highest BCUT2D eigenvalue weighted by Crippen LogP contribution is 2.20. The molecule has 0 amide bonds. The quantitative estimate of drug-likeness (QED) is 0.132. The van der Waals surface area contributed by atoms with Gasteiger partial charge in [0.25, 0.3) is 0 Å². The van der Waals surface area contributed by atoms with Crippen molar-refractivity contribution in [1.82, 2.24) is 0 Å². The van der Waals surface area contributed by atoms with Gasteiger partial charge in [0.05, 0.1) is 0 Å². The Morgan fingerprint density at radius 3 is 1.37 bits per heavy atom. The summed E-state index contributed by atoms with van der Waals surface area (Å²) in [5, 5.41) is 0. The van der Waals surface area contributed by atoms with Crippen LogP contribution in [0.3, 0.4) is 0 Å². The maximum atomic E-state index is 10.7. The van der Waals surface area contributed by atoms with E-state index in [4.69, 9.17) is 13.0 Å². The smallest absolute Gasteiger partial charge is 0.485 e. The second-order valence-electron chi connectivity index (χ2n) is 7.61. The molecular formula is C22H38F3NO3S. The van der Waals surface area contributed by atoms with Gasteiger partial charge in [0.2, 0.25) is 0 Å². The molecule has 1 rings (SSSR count). The summed E-state index contributed by atoms with van der Waals surface area (Å²) in [6.45, 7) is 3.47. The second kappa shape index (κ2) is 17.5.